The van der Waals surface area contributed by atoms with Gasteiger partial charge in [-0.3, -0.25) is 0 Å². The molecule has 0 heterocycles. The van der Waals surface area contributed by atoms with Crippen molar-refractivity contribution >= 4 is 0 Å². The minimum absolute atomic E-state index is 0.758. The molecule has 0 aromatic rings. The lowest BCUT2D eigenvalue weighted by atomic mass is 9.90. The summed E-state index contributed by atoms with van der Waals surface area (Å²) in [6.07, 6.45) is 8.52. The minimum atomic E-state index is 0.758. The maximum Gasteiger partial charge on any atom is -0.0259 e. The molecule has 0 spiro atoms. The highest BCUT2D eigenvalue weighted by molar-refractivity contribution is 4.86. The fraction of sp³-hybridized carbons (Fsp3) is 0.846. The summed E-state index contributed by atoms with van der Waals surface area (Å²) in [4.78, 5) is 0. The standard InChI is InChI=1S/C13H26/c1-6-7-8-12(4)10-13(5)9-11(2)3/h7-8,11-13H,6,9-10H2,1-5H3/b8-7+/t12-,13+/m1/s1. The van der Waals surface area contributed by atoms with Gasteiger partial charge in [0.25, 0.3) is 0 Å². The van der Waals surface area contributed by atoms with Crippen LogP contribution in [0.1, 0.15) is 53.9 Å². The van der Waals surface area contributed by atoms with Crippen molar-refractivity contribution in [3.63, 3.8) is 0 Å². The summed E-state index contributed by atoms with van der Waals surface area (Å²) in [5.41, 5.74) is 0. The summed E-state index contributed by atoms with van der Waals surface area (Å²) in [6.45, 7) is 11.5. The lowest BCUT2D eigenvalue weighted by molar-refractivity contribution is 0.383. The molecule has 0 unspecified atom stereocenters. The number of hydrogen-bond acceptors (Lipinski definition) is 0. The fourth-order valence-corrected chi connectivity index (χ4v) is 1.98. The molecule has 0 heteroatoms. The van der Waals surface area contributed by atoms with Gasteiger partial charge in [0.15, 0.2) is 0 Å². The summed E-state index contributed by atoms with van der Waals surface area (Å²) >= 11 is 0. The summed E-state index contributed by atoms with van der Waals surface area (Å²) in [7, 11) is 0. The van der Waals surface area contributed by atoms with Gasteiger partial charge in [-0.15, -0.1) is 0 Å². The zero-order valence-corrected chi connectivity index (χ0v) is 10.0. The van der Waals surface area contributed by atoms with Crippen molar-refractivity contribution in [2.24, 2.45) is 17.8 Å². The van der Waals surface area contributed by atoms with Crippen LogP contribution in [0.25, 0.3) is 0 Å². The molecule has 0 saturated carbocycles. The Kier molecular flexibility index (Phi) is 7.03. The molecular formula is C13H26. The lowest BCUT2D eigenvalue weighted by Gasteiger charge is -2.16. The molecule has 0 radical (unpaired) electrons. The molecule has 0 aliphatic carbocycles. The van der Waals surface area contributed by atoms with E-state index in [2.05, 4.69) is 46.8 Å². The molecule has 0 amide bonds. The average molecular weight is 182 g/mol. The lowest BCUT2D eigenvalue weighted by Crippen LogP contribution is -2.04. The van der Waals surface area contributed by atoms with Gasteiger partial charge in [-0.25, -0.2) is 0 Å². The average Bonchev–Trinajstić information content (AvgIpc) is 1.98. The monoisotopic (exact) mass is 182 g/mol. The van der Waals surface area contributed by atoms with Crippen LogP contribution in [0.2, 0.25) is 0 Å². The molecule has 0 N–H and O–H groups in total. The van der Waals surface area contributed by atoms with Gasteiger partial charge < -0.3 is 0 Å². The first kappa shape index (κ1) is 12.7. The zero-order valence-electron chi connectivity index (χ0n) is 10.0. The van der Waals surface area contributed by atoms with Crippen LogP contribution in [0, 0.1) is 17.8 Å². The van der Waals surface area contributed by atoms with E-state index in [1.54, 1.807) is 0 Å². The normalized spacial score (nSPS) is 16.8. The largest absolute Gasteiger partial charge is 0.0885 e. The summed E-state index contributed by atoms with van der Waals surface area (Å²) in [5.74, 6) is 2.47. The molecular weight excluding hydrogens is 156 g/mol. The third-order valence-corrected chi connectivity index (χ3v) is 2.35. The Hall–Kier alpha value is -0.260. The molecule has 13 heavy (non-hydrogen) atoms. The first-order valence-electron chi connectivity index (χ1n) is 5.72. The number of rotatable bonds is 6. The van der Waals surface area contributed by atoms with E-state index in [1.807, 2.05) is 0 Å². The highest BCUT2D eigenvalue weighted by Gasteiger charge is 2.07. The quantitative estimate of drug-likeness (QED) is 0.524. The Morgan fingerprint density at radius 2 is 1.62 bits per heavy atom. The van der Waals surface area contributed by atoms with E-state index in [0.717, 1.165) is 17.8 Å². The smallest absolute Gasteiger partial charge is 0.0259 e. The predicted octanol–water partition coefficient (Wildman–Crippen LogP) is 4.66. The van der Waals surface area contributed by atoms with E-state index in [4.69, 9.17) is 0 Å². The second-order valence-corrected chi connectivity index (χ2v) is 4.78. The van der Waals surface area contributed by atoms with Crippen molar-refractivity contribution in [1.29, 1.82) is 0 Å². The Labute approximate surface area is 84.4 Å². The van der Waals surface area contributed by atoms with Gasteiger partial charge >= 0.3 is 0 Å². The number of allylic oxidation sites excluding steroid dienone is 2. The van der Waals surface area contributed by atoms with E-state index >= 15 is 0 Å². The van der Waals surface area contributed by atoms with Crippen LogP contribution in [-0.4, -0.2) is 0 Å². The van der Waals surface area contributed by atoms with Crippen molar-refractivity contribution in [2.75, 3.05) is 0 Å². The van der Waals surface area contributed by atoms with Gasteiger partial charge in [-0.2, -0.15) is 0 Å². The van der Waals surface area contributed by atoms with Crippen molar-refractivity contribution in [2.45, 2.75) is 53.9 Å². The Bertz CT molecular complexity index is 133. The molecule has 0 nitrogen and oxygen atoms in total. The zero-order chi connectivity index (χ0) is 10.3. The molecule has 0 aromatic heterocycles. The summed E-state index contributed by atoms with van der Waals surface area (Å²) in [6, 6.07) is 0. The Morgan fingerprint density at radius 1 is 1.00 bits per heavy atom. The third-order valence-electron chi connectivity index (χ3n) is 2.35. The van der Waals surface area contributed by atoms with Crippen LogP contribution in [-0.2, 0) is 0 Å². The highest BCUT2D eigenvalue weighted by atomic mass is 14.1. The van der Waals surface area contributed by atoms with E-state index in [0.29, 0.717) is 0 Å². The molecule has 0 fully saturated rings. The third kappa shape index (κ3) is 8.08. The van der Waals surface area contributed by atoms with Crippen LogP contribution in [0.5, 0.6) is 0 Å². The molecule has 2 atom stereocenters. The Balaban J connectivity index is 3.64. The Morgan fingerprint density at radius 3 is 2.08 bits per heavy atom. The SMILES string of the molecule is CC/C=C/[C@@H](C)C[C@@H](C)CC(C)C. The molecule has 0 rings (SSSR count). The van der Waals surface area contributed by atoms with Gasteiger partial charge in [0.1, 0.15) is 0 Å². The maximum atomic E-state index is 2.37. The summed E-state index contributed by atoms with van der Waals surface area (Å²) < 4.78 is 0. The van der Waals surface area contributed by atoms with Gasteiger partial charge in [-0.1, -0.05) is 46.8 Å². The van der Waals surface area contributed by atoms with Crippen LogP contribution < -0.4 is 0 Å². The van der Waals surface area contributed by atoms with Crippen molar-refractivity contribution < 1.29 is 0 Å². The van der Waals surface area contributed by atoms with Crippen LogP contribution in [0.15, 0.2) is 12.2 Å². The van der Waals surface area contributed by atoms with Crippen LogP contribution in [0.3, 0.4) is 0 Å². The van der Waals surface area contributed by atoms with E-state index in [9.17, 15) is 0 Å². The number of hydrogen-bond donors (Lipinski definition) is 0. The van der Waals surface area contributed by atoms with Crippen molar-refractivity contribution in [1.82, 2.24) is 0 Å². The fourth-order valence-electron chi connectivity index (χ4n) is 1.98. The minimum Gasteiger partial charge on any atom is -0.0885 e. The van der Waals surface area contributed by atoms with Crippen molar-refractivity contribution in [3.8, 4) is 0 Å². The van der Waals surface area contributed by atoms with E-state index in [1.165, 1.54) is 19.3 Å². The summed E-state index contributed by atoms with van der Waals surface area (Å²) in [5, 5.41) is 0. The molecule has 0 aliphatic heterocycles. The van der Waals surface area contributed by atoms with Crippen LogP contribution >= 0.6 is 0 Å². The van der Waals surface area contributed by atoms with Crippen molar-refractivity contribution in [3.05, 3.63) is 12.2 Å². The highest BCUT2D eigenvalue weighted by Crippen LogP contribution is 2.20. The predicted molar refractivity (Wildman–Crippen MR) is 61.8 cm³/mol. The molecule has 0 saturated heterocycles. The first-order chi connectivity index (χ1) is 6.06. The molecule has 0 aliphatic rings. The van der Waals surface area contributed by atoms with E-state index in [-0.39, 0.29) is 0 Å². The molecule has 0 aromatic carbocycles. The molecule has 0 bridgehead atoms. The topological polar surface area (TPSA) is 0 Å². The van der Waals surface area contributed by atoms with Crippen LogP contribution in [0.4, 0.5) is 0 Å². The van der Waals surface area contributed by atoms with E-state index < -0.39 is 0 Å². The molecule has 78 valence electrons. The first-order valence-corrected chi connectivity index (χ1v) is 5.72. The van der Waals surface area contributed by atoms with Gasteiger partial charge in [0.05, 0.1) is 0 Å². The van der Waals surface area contributed by atoms with Gasteiger partial charge in [-0.05, 0) is 37.0 Å². The second kappa shape index (κ2) is 7.17. The second-order valence-electron chi connectivity index (χ2n) is 4.78. The van der Waals surface area contributed by atoms with Gasteiger partial charge in [0.2, 0.25) is 0 Å². The van der Waals surface area contributed by atoms with Gasteiger partial charge in [0, 0.05) is 0 Å². The maximum absolute atomic E-state index is 2.37.